The zero-order chi connectivity index (χ0) is 14.4. The number of aromatic nitrogens is 2. The van der Waals surface area contributed by atoms with Crippen LogP contribution in [-0.2, 0) is 13.0 Å². The van der Waals surface area contributed by atoms with E-state index in [2.05, 4.69) is 34.9 Å². The third-order valence-electron chi connectivity index (χ3n) is 4.76. The van der Waals surface area contributed by atoms with Crippen molar-refractivity contribution in [3.63, 3.8) is 0 Å². The van der Waals surface area contributed by atoms with E-state index in [9.17, 15) is 5.11 Å². The summed E-state index contributed by atoms with van der Waals surface area (Å²) in [5, 5.41) is 13.4. The Labute approximate surface area is 122 Å². The SMILES string of the molecule is CCCc1nccn1CCC1CCCC1(CO)NCC. The Bertz CT molecular complexity index is 404. The number of aliphatic hydroxyl groups is 1. The molecule has 20 heavy (non-hydrogen) atoms. The molecule has 2 unspecified atom stereocenters. The molecule has 1 fully saturated rings. The maximum atomic E-state index is 9.83. The van der Waals surface area contributed by atoms with Crippen LogP contribution >= 0.6 is 0 Å². The highest BCUT2D eigenvalue weighted by Gasteiger charge is 2.41. The fraction of sp³-hybridized carbons (Fsp3) is 0.812. The summed E-state index contributed by atoms with van der Waals surface area (Å²) < 4.78 is 2.29. The minimum atomic E-state index is -0.0414. The van der Waals surface area contributed by atoms with Crippen molar-refractivity contribution in [1.82, 2.24) is 14.9 Å². The molecule has 1 aromatic rings. The average molecular weight is 279 g/mol. The number of aryl methyl sites for hydroxylation is 2. The van der Waals surface area contributed by atoms with Gasteiger partial charge < -0.3 is 15.0 Å². The summed E-state index contributed by atoms with van der Waals surface area (Å²) in [5.41, 5.74) is -0.0414. The van der Waals surface area contributed by atoms with Crippen LogP contribution in [0.25, 0.3) is 0 Å². The number of nitrogens with zero attached hydrogens (tertiary/aromatic N) is 2. The van der Waals surface area contributed by atoms with Gasteiger partial charge >= 0.3 is 0 Å². The molecule has 2 N–H and O–H groups in total. The number of aliphatic hydroxyl groups excluding tert-OH is 1. The Balaban J connectivity index is 1.96. The van der Waals surface area contributed by atoms with Crippen LogP contribution in [0.4, 0.5) is 0 Å². The molecule has 4 heteroatoms. The maximum absolute atomic E-state index is 9.83. The molecule has 1 aliphatic rings. The minimum Gasteiger partial charge on any atom is -0.394 e. The molecule has 0 aromatic carbocycles. The number of likely N-dealkylation sites (N-methyl/N-ethyl adjacent to an activating group) is 1. The van der Waals surface area contributed by atoms with Crippen molar-refractivity contribution in [2.45, 2.75) is 64.5 Å². The molecular weight excluding hydrogens is 250 g/mol. The van der Waals surface area contributed by atoms with E-state index in [1.54, 1.807) is 0 Å². The topological polar surface area (TPSA) is 50.1 Å². The summed E-state index contributed by atoms with van der Waals surface area (Å²) in [5.74, 6) is 1.77. The third-order valence-corrected chi connectivity index (χ3v) is 4.76. The van der Waals surface area contributed by atoms with Crippen LogP contribution in [0.1, 0.15) is 51.8 Å². The molecule has 0 bridgehead atoms. The van der Waals surface area contributed by atoms with Crippen molar-refractivity contribution in [3.8, 4) is 0 Å². The van der Waals surface area contributed by atoms with Gasteiger partial charge in [0.1, 0.15) is 5.82 Å². The second-order valence-corrected chi connectivity index (χ2v) is 6.01. The van der Waals surface area contributed by atoms with Gasteiger partial charge in [-0.3, -0.25) is 0 Å². The number of imidazole rings is 1. The molecular formula is C16H29N3O. The lowest BCUT2D eigenvalue weighted by Gasteiger charge is -2.35. The first-order valence-corrected chi connectivity index (χ1v) is 8.11. The molecule has 114 valence electrons. The van der Waals surface area contributed by atoms with Gasteiger partial charge in [-0.15, -0.1) is 0 Å². The molecule has 2 atom stereocenters. The summed E-state index contributed by atoms with van der Waals surface area (Å²) in [6.45, 7) is 6.54. The van der Waals surface area contributed by atoms with E-state index >= 15 is 0 Å². The lowest BCUT2D eigenvalue weighted by Crippen LogP contribution is -2.51. The molecule has 0 spiro atoms. The molecule has 0 saturated heterocycles. The first-order valence-electron chi connectivity index (χ1n) is 8.11. The molecule has 1 aromatic heterocycles. The molecule has 0 radical (unpaired) electrons. The molecule has 0 aliphatic heterocycles. The number of rotatable bonds is 8. The molecule has 2 rings (SSSR count). The highest BCUT2D eigenvalue weighted by Crippen LogP contribution is 2.38. The van der Waals surface area contributed by atoms with Gasteiger partial charge in [0.25, 0.3) is 0 Å². The Kier molecular flexibility index (Phi) is 5.61. The second-order valence-electron chi connectivity index (χ2n) is 6.01. The fourth-order valence-corrected chi connectivity index (χ4v) is 3.70. The van der Waals surface area contributed by atoms with Gasteiger partial charge in [0, 0.05) is 30.9 Å². The number of nitrogens with one attached hydrogen (secondary N) is 1. The number of hydrogen-bond donors (Lipinski definition) is 2. The summed E-state index contributed by atoms with van der Waals surface area (Å²) in [7, 11) is 0. The first-order chi connectivity index (χ1) is 9.75. The van der Waals surface area contributed by atoms with Gasteiger partial charge in [-0.05, 0) is 38.1 Å². The Morgan fingerprint density at radius 1 is 1.50 bits per heavy atom. The van der Waals surface area contributed by atoms with Gasteiger partial charge in [0.15, 0.2) is 0 Å². The van der Waals surface area contributed by atoms with E-state index in [0.29, 0.717) is 5.92 Å². The molecule has 1 saturated carbocycles. The Morgan fingerprint density at radius 3 is 3.05 bits per heavy atom. The average Bonchev–Trinajstić information content (AvgIpc) is 3.05. The van der Waals surface area contributed by atoms with Gasteiger partial charge in [0.05, 0.1) is 6.61 Å². The largest absolute Gasteiger partial charge is 0.394 e. The van der Waals surface area contributed by atoms with Crippen molar-refractivity contribution < 1.29 is 5.11 Å². The van der Waals surface area contributed by atoms with E-state index in [1.165, 1.54) is 18.7 Å². The number of hydrogen-bond acceptors (Lipinski definition) is 3. The normalized spacial score (nSPS) is 26.2. The quantitative estimate of drug-likeness (QED) is 0.768. The van der Waals surface area contributed by atoms with Crippen molar-refractivity contribution in [2.24, 2.45) is 5.92 Å². The van der Waals surface area contributed by atoms with Gasteiger partial charge in [-0.1, -0.05) is 20.3 Å². The van der Waals surface area contributed by atoms with E-state index in [0.717, 1.165) is 38.8 Å². The van der Waals surface area contributed by atoms with E-state index in [-0.39, 0.29) is 12.1 Å². The van der Waals surface area contributed by atoms with Crippen molar-refractivity contribution in [2.75, 3.05) is 13.2 Å². The molecule has 0 amide bonds. The van der Waals surface area contributed by atoms with E-state index < -0.39 is 0 Å². The second kappa shape index (κ2) is 7.23. The van der Waals surface area contributed by atoms with Crippen LogP contribution in [0.15, 0.2) is 12.4 Å². The molecule has 1 heterocycles. The third kappa shape index (κ3) is 3.23. The highest BCUT2D eigenvalue weighted by molar-refractivity contribution is 4.99. The molecule has 1 aliphatic carbocycles. The van der Waals surface area contributed by atoms with Crippen LogP contribution in [0.2, 0.25) is 0 Å². The van der Waals surface area contributed by atoms with Crippen molar-refractivity contribution >= 4 is 0 Å². The zero-order valence-corrected chi connectivity index (χ0v) is 12.9. The lowest BCUT2D eigenvalue weighted by molar-refractivity contribution is 0.118. The summed E-state index contributed by atoms with van der Waals surface area (Å²) in [6, 6.07) is 0. The Morgan fingerprint density at radius 2 is 2.35 bits per heavy atom. The monoisotopic (exact) mass is 279 g/mol. The predicted octanol–water partition coefficient (Wildman–Crippen LogP) is 2.37. The fourth-order valence-electron chi connectivity index (χ4n) is 3.70. The van der Waals surface area contributed by atoms with Crippen LogP contribution in [0.3, 0.4) is 0 Å². The van der Waals surface area contributed by atoms with Gasteiger partial charge in [-0.2, -0.15) is 0 Å². The predicted molar refractivity (Wildman–Crippen MR) is 81.7 cm³/mol. The summed E-state index contributed by atoms with van der Waals surface area (Å²) in [6.07, 6.45) is 10.9. The van der Waals surface area contributed by atoms with Crippen molar-refractivity contribution in [1.29, 1.82) is 0 Å². The van der Waals surface area contributed by atoms with Crippen LogP contribution in [0.5, 0.6) is 0 Å². The minimum absolute atomic E-state index is 0.0414. The van der Waals surface area contributed by atoms with E-state index in [4.69, 9.17) is 0 Å². The summed E-state index contributed by atoms with van der Waals surface area (Å²) >= 11 is 0. The standard InChI is InChI=1S/C16H29N3O/c1-3-6-15-17-10-12-19(15)11-8-14-7-5-9-16(14,13-20)18-4-2/h10,12,14,18,20H,3-9,11,13H2,1-2H3. The van der Waals surface area contributed by atoms with Crippen molar-refractivity contribution in [3.05, 3.63) is 18.2 Å². The highest BCUT2D eigenvalue weighted by atomic mass is 16.3. The Hall–Kier alpha value is -0.870. The maximum Gasteiger partial charge on any atom is 0.108 e. The first kappa shape index (κ1) is 15.5. The van der Waals surface area contributed by atoms with Crippen LogP contribution < -0.4 is 5.32 Å². The molecule has 4 nitrogen and oxygen atoms in total. The smallest absolute Gasteiger partial charge is 0.108 e. The summed E-state index contributed by atoms with van der Waals surface area (Å²) in [4.78, 5) is 4.44. The van der Waals surface area contributed by atoms with E-state index in [1.807, 2.05) is 6.20 Å². The van der Waals surface area contributed by atoms with Crippen LogP contribution in [0, 0.1) is 5.92 Å². The lowest BCUT2D eigenvalue weighted by atomic mass is 9.85. The van der Waals surface area contributed by atoms with Gasteiger partial charge in [-0.25, -0.2) is 4.98 Å². The zero-order valence-electron chi connectivity index (χ0n) is 12.9. The van der Waals surface area contributed by atoms with Gasteiger partial charge in [0.2, 0.25) is 0 Å². The van der Waals surface area contributed by atoms with Crippen LogP contribution in [-0.4, -0.2) is 33.3 Å².